The third-order valence-corrected chi connectivity index (χ3v) is 6.61. The first-order valence-electron chi connectivity index (χ1n) is 8.66. The minimum Gasteiger partial charge on any atom is -0.296 e. The molecule has 4 aromatic rings. The SMILES string of the molecule is Cc1cn(-c2cc(F)cc(F)c2F)c(P(c2ccccc2)c2ccccc2)n1. The standard InChI is InChI=1S/C22H16F3N2P/c1-15-14-27(20-13-16(23)12-19(24)21(20)25)22(26-15)28(17-8-4-2-5-9-17)18-10-6-3-7-11-18/h2-14H,1H3. The van der Waals surface area contributed by atoms with Crippen LogP contribution in [0.15, 0.2) is 79.0 Å². The predicted molar refractivity (Wildman–Crippen MR) is 107 cm³/mol. The fraction of sp³-hybridized carbons (Fsp3) is 0.0455. The van der Waals surface area contributed by atoms with Gasteiger partial charge in [-0.3, -0.25) is 4.57 Å². The zero-order chi connectivity index (χ0) is 19.7. The number of aromatic nitrogens is 2. The molecule has 28 heavy (non-hydrogen) atoms. The maximum Gasteiger partial charge on any atom is 0.183 e. The third kappa shape index (κ3) is 3.46. The van der Waals surface area contributed by atoms with Crippen LogP contribution in [0.3, 0.4) is 0 Å². The molecule has 1 aromatic heterocycles. The molecule has 6 heteroatoms. The minimum absolute atomic E-state index is 0.188. The summed E-state index contributed by atoms with van der Waals surface area (Å²) in [5.41, 5.74) is 1.000. The summed E-state index contributed by atoms with van der Waals surface area (Å²) in [5, 5.41) is 2.01. The van der Waals surface area contributed by atoms with Crippen molar-refractivity contribution in [3.8, 4) is 5.69 Å². The van der Waals surface area contributed by atoms with Crippen molar-refractivity contribution >= 4 is 24.1 Å². The van der Waals surface area contributed by atoms with Gasteiger partial charge in [0.15, 0.2) is 11.6 Å². The lowest BCUT2D eigenvalue weighted by atomic mass is 10.3. The van der Waals surface area contributed by atoms with Crippen molar-refractivity contribution in [2.45, 2.75) is 6.92 Å². The number of imidazole rings is 1. The molecule has 0 aliphatic carbocycles. The average molecular weight is 396 g/mol. The number of halogens is 3. The van der Waals surface area contributed by atoms with Crippen molar-refractivity contribution in [2.75, 3.05) is 0 Å². The Morgan fingerprint density at radius 1 is 0.821 bits per heavy atom. The summed E-state index contributed by atoms with van der Waals surface area (Å²) in [7, 11) is -1.16. The lowest BCUT2D eigenvalue weighted by molar-refractivity contribution is 0.491. The summed E-state index contributed by atoms with van der Waals surface area (Å²) in [6, 6.07) is 21.0. The Morgan fingerprint density at radius 2 is 1.39 bits per heavy atom. The van der Waals surface area contributed by atoms with Crippen LogP contribution in [-0.4, -0.2) is 9.55 Å². The summed E-state index contributed by atoms with van der Waals surface area (Å²) < 4.78 is 43.7. The number of hydrogen-bond acceptors (Lipinski definition) is 1. The largest absolute Gasteiger partial charge is 0.296 e. The Hall–Kier alpha value is -2.91. The molecule has 0 atom stereocenters. The summed E-state index contributed by atoms with van der Waals surface area (Å²) in [6.07, 6.45) is 1.60. The van der Waals surface area contributed by atoms with Gasteiger partial charge in [0, 0.05) is 26.3 Å². The van der Waals surface area contributed by atoms with Gasteiger partial charge in [-0.1, -0.05) is 60.7 Å². The first kappa shape index (κ1) is 18.5. The molecule has 140 valence electrons. The molecular formula is C22H16F3N2P. The molecule has 0 bridgehead atoms. The van der Waals surface area contributed by atoms with E-state index in [0.717, 1.165) is 16.7 Å². The molecule has 0 unspecified atom stereocenters. The van der Waals surface area contributed by atoms with E-state index >= 15 is 0 Å². The van der Waals surface area contributed by atoms with Crippen LogP contribution in [0, 0.1) is 24.4 Å². The van der Waals surface area contributed by atoms with Gasteiger partial charge in [-0.25, -0.2) is 18.2 Å². The van der Waals surface area contributed by atoms with Crippen LogP contribution in [0.2, 0.25) is 0 Å². The molecule has 0 saturated heterocycles. The van der Waals surface area contributed by atoms with E-state index < -0.39 is 25.4 Å². The highest BCUT2D eigenvalue weighted by molar-refractivity contribution is 7.79. The van der Waals surface area contributed by atoms with Gasteiger partial charge in [0.2, 0.25) is 0 Å². The van der Waals surface area contributed by atoms with Crippen molar-refractivity contribution in [1.29, 1.82) is 0 Å². The summed E-state index contributed by atoms with van der Waals surface area (Å²) in [5.74, 6) is -3.16. The Kier molecular flexibility index (Phi) is 5.01. The van der Waals surface area contributed by atoms with Crippen molar-refractivity contribution in [3.05, 3.63) is 102 Å². The van der Waals surface area contributed by atoms with Crippen molar-refractivity contribution in [3.63, 3.8) is 0 Å². The van der Waals surface area contributed by atoms with Gasteiger partial charge >= 0.3 is 0 Å². The number of aryl methyl sites for hydroxylation is 1. The highest BCUT2D eigenvalue weighted by Crippen LogP contribution is 2.33. The predicted octanol–water partition coefficient (Wildman–Crippen LogP) is 4.36. The highest BCUT2D eigenvalue weighted by atomic mass is 31.1. The maximum atomic E-state index is 14.5. The lowest BCUT2D eigenvalue weighted by Gasteiger charge is -2.20. The molecule has 2 nitrogen and oxygen atoms in total. The van der Waals surface area contributed by atoms with E-state index in [9.17, 15) is 13.2 Å². The second-order valence-electron chi connectivity index (χ2n) is 6.28. The molecule has 0 N–H and O–H groups in total. The van der Waals surface area contributed by atoms with E-state index in [2.05, 4.69) is 4.98 Å². The molecule has 0 radical (unpaired) electrons. The van der Waals surface area contributed by atoms with Crippen LogP contribution < -0.4 is 16.2 Å². The van der Waals surface area contributed by atoms with Crippen LogP contribution in [0.5, 0.6) is 0 Å². The number of nitrogens with zero attached hydrogens (tertiary/aromatic N) is 2. The van der Waals surface area contributed by atoms with Gasteiger partial charge in [0.05, 0.1) is 11.4 Å². The van der Waals surface area contributed by atoms with E-state index in [1.807, 2.05) is 60.7 Å². The lowest BCUT2D eigenvalue weighted by Crippen LogP contribution is -2.27. The number of hydrogen-bond donors (Lipinski definition) is 0. The molecule has 1 heterocycles. The molecule has 0 spiro atoms. The molecule has 0 amide bonds. The van der Waals surface area contributed by atoms with Gasteiger partial charge in [-0.15, -0.1) is 0 Å². The Balaban J connectivity index is 1.97. The van der Waals surface area contributed by atoms with Gasteiger partial charge < -0.3 is 0 Å². The normalized spacial score (nSPS) is 11.2. The van der Waals surface area contributed by atoms with Crippen molar-refractivity contribution < 1.29 is 13.2 Å². The molecular weight excluding hydrogens is 380 g/mol. The fourth-order valence-corrected chi connectivity index (χ4v) is 5.41. The topological polar surface area (TPSA) is 17.8 Å². The molecule has 0 saturated carbocycles. The summed E-state index contributed by atoms with van der Waals surface area (Å²) in [6.45, 7) is 1.77. The van der Waals surface area contributed by atoms with Crippen molar-refractivity contribution in [1.82, 2.24) is 9.55 Å². The van der Waals surface area contributed by atoms with Gasteiger partial charge in [0.1, 0.15) is 11.4 Å². The van der Waals surface area contributed by atoms with Crippen LogP contribution >= 0.6 is 7.92 Å². The zero-order valence-corrected chi connectivity index (χ0v) is 15.9. The van der Waals surface area contributed by atoms with E-state index in [1.165, 1.54) is 4.57 Å². The van der Waals surface area contributed by atoms with E-state index in [4.69, 9.17) is 0 Å². The summed E-state index contributed by atoms with van der Waals surface area (Å²) >= 11 is 0. The Bertz CT molecular complexity index is 1070. The van der Waals surface area contributed by atoms with Gasteiger partial charge in [-0.05, 0) is 17.5 Å². The van der Waals surface area contributed by atoms with E-state index in [-0.39, 0.29) is 5.69 Å². The van der Waals surface area contributed by atoms with Crippen LogP contribution in [0.25, 0.3) is 5.69 Å². The second kappa shape index (κ2) is 7.61. The quantitative estimate of drug-likeness (QED) is 0.370. The minimum atomic E-state index is -1.23. The molecule has 3 aromatic carbocycles. The maximum absolute atomic E-state index is 14.5. The average Bonchev–Trinajstić information content (AvgIpc) is 3.07. The van der Waals surface area contributed by atoms with Crippen LogP contribution in [0.1, 0.15) is 5.69 Å². The number of benzene rings is 3. The first-order chi connectivity index (χ1) is 13.5. The van der Waals surface area contributed by atoms with Crippen LogP contribution in [-0.2, 0) is 0 Å². The second-order valence-corrected chi connectivity index (χ2v) is 8.38. The molecule has 0 aliphatic heterocycles. The summed E-state index contributed by atoms with van der Waals surface area (Å²) in [4.78, 5) is 4.62. The smallest absolute Gasteiger partial charge is 0.183 e. The van der Waals surface area contributed by atoms with E-state index in [0.29, 0.717) is 17.3 Å². The first-order valence-corrected chi connectivity index (χ1v) is 10.00. The van der Waals surface area contributed by atoms with Crippen molar-refractivity contribution in [2.24, 2.45) is 0 Å². The van der Waals surface area contributed by atoms with Gasteiger partial charge in [0.25, 0.3) is 0 Å². The Morgan fingerprint density at radius 3 is 1.96 bits per heavy atom. The number of rotatable bonds is 4. The van der Waals surface area contributed by atoms with Crippen LogP contribution in [0.4, 0.5) is 13.2 Å². The highest BCUT2D eigenvalue weighted by Gasteiger charge is 2.25. The Labute approximate surface area is 162 Å². The van der Waals surface area contributed by atoms with Gasteiger partial charge in [-0.2, -0.15) is 0 Å². The molecule has 4 rings (SSSR count). The molecule has 0 fully saturated rings. The molecule has 0 aliphatic rings. The van der Waals surface area contributed by atoms with E-state index in [1.54, 1.807) is 13.1 Å². The fourth-order valence-electron chi connectivity index (χ4n) is 3.07. The monoisotopic (exact) mass is 396 g/mol. The third-order valence-electron chi connectivity index (χ3n) is 4.27. The zero-order valence-electron chi connectivity index (χ0n) is 15.0.